The number of halogens is 3. The average molecular weight is 219 g/mol. The Balaban J connectivity index is 2.57. The van der Waals surface area contributed by atoms with E-state index < -0.39 is 12.8 Å². The lowest BCUT2D eigenvalue weighted by atomic mass is 10.1. The summed E-state index contributed by atoms with van der Waals surface area (Å²) in [6, 6.07) is 3.16. The molecule has 1 aromatic rings. The van der Waals surface area contributed by atoms with Crippen LogP contribution >= 0.6 is 0 Å². The van der Waals surface area contributed by atoms with Crippen LogP contribution in [0.15, 0.2) is 18.3 Å². The Hall–Kier alpha value is -1.26. The largest absolute Gasteiger partial charge is 0.483 e. The second-order valence-electron chi connectivity index (χ2n) is 3.48. The van der Waals surface area contributed by atoms with Crippen molar-refractivity contribution in [3.8, 4) is 5.75 Å². The van der Waals surface area contributed by atoms with Crippen LogP contribution in [0, 0.1) is 0 Å². The van der Waals surface area contributed by atoms with E-state index in [4.69, 9.17) is 0 Å². The molecule has 0 aliphatic heterocycles. The minimum Gasteiger partial charge on any atom is -0.483 e. The van der Waals surface area contributed by atoms with E-state index in [2.05, 4.69) is 9.72 Å². The van der Waals surface area contributed by atoms with Crippen molar-refractivity contribution in [2.45, 2.75) is 25.9 Å². The molecule has 5 heteroatoms. The van der Waals surface area contributed by atoms with Gasteiger partial charge in [0.15, 0.2) is 6.61 Å². The van der Waals surface area contributed by atoms with Crippen LogP contribution in [0.25, 0.3) is 0 Å². The van der Waals surface area contributed by atoms with Crippen molar-refractivity contribution in [3.63, 3.8) is 0 Å². The van der Waals surface area contributed by atoms with E-state index in [0.29, 0.717) is 0 Å². The minimum atomic E-state index is -4.31. The molecule has 84 valence electrons. The van der Waals surface area contributed by atoms with E-state index in [-0.39, 0.29) is 11.7 Å². The lowest BCUT2D eigenvalue weighted by Gasteiger charge is -2.09. The molecular formula is C10H12F3NO. The van der Waals surface area contributed by atoms with Crippen molar-refractivity contribution in [2.75, 3.05) is 6.61 Å². The zero-order chi connectivity index (χ0) is 11.5. The third-order valence-corrected chi connectivity index (χ3v) is 1.75. The van der Waals surface area contributed by atoms with Gasteiger partial charge in [0.2, 0.25) is 0 Å². The number of rotatable bonds is 3. The topological polar surface area (TPSA) is 22.1 Å². The molecule has 0 saturated heterocycles. The van der Waals surface area contributed by atoms with Crippen molar-refractivity contribution in [1.82, 2.24) is 4.98 Å². The average Bonchev–Trinajstić information content (AvgIpc) is 2.14. The molecule has 0 bridgehead atoms. The van der Waals surface area contributed by atoms with Crippen LogP contribution in [0.3, 0.4) is 0 Å². The fourth-order valence-electron chi connectivity index (χ4n) is 0.984. The Morgan fingerprint density at radius 2 is 2.00 bits per heavy atom. The van der Waals surface area contributed by atoms with Crippen LogP contribution in [-0.2, 0) is 0 Å². The van der Waals surface area contributed by atoms with Crippen LogP contribution in [0.4, 0.5) is 13.2 Å². The van der Waals surface area contributed by atoms with E-state index >= 15 is 0 Å². The molecule has 0 N–H and O–H groups in total. The zero-order valence-electron chi connectivity index (χ0n) is 8.51. The van der Waals surface area contributed by atoms with Crippen molar-refractivity contribution < 1.29 is 17.9 Å². The summed E-state index contributed by atoms with van der Waals surface area (Å²) in [6.07, 6.45) is -3.00. The fraction of sp³-hybridized carbons (Fsp3) is 0.500. The normalized spacial score (nSPS) is 11.9. The molecule has 0 aliphatic carbocycles. The van der Waals surface area contributed by atoms with E-state index in [9.17, 15) is 13.2 Å². The van der Waals surface area contributed by atoms with Gasteiger partial charge < -0.3 is 4.74 Å². The van der Waals surface area contributed by atoms with E-state index in [1.54, 1.807) is 6.07 Å². The summed E-state index contributed by atoms with van der Waals surface area (Å²) in [4.78, 5) is 3.99. The van der Waals surface area contributed by atoms with Gasteiger partial charge in [-0.3, -0.25) is 4.98 Å². The smallest absolute Gasteiger partial charge is 0.422 e. The minimum absolute atomic E-state index is 0.136. The molecule has 0 spiro atoms. The summed E-state index contributed by atoms with van der Waals surface area (Å²) in [6.45, 7) is 2.63. The predicted molar refractivity (Wildman–Crippen MR) is 49.9 cm³/mol. The number of ether oxygens (including phenoxy) is 1. The van der Waals surface area contributed by atoms with Gasteiger partial charge in [0, 0.05) is 5.69 Å². The summed E-state index contributed by atoms with van der Waals surface area (Å²) in [7, 11) is 0. The highest BCUT2D eigenvalue weighted by molar-refractivity contribution is 5.21. The first kappa shape index (κ1) is 11.8. The number of hydrogen-bond acceptors (Lipinski definition) is 2. The Labute approximate surface area is 86.1 Å². The van der Waals surface area contributed by atoms with Gasteiger partial charge in [0.1, 0.15) is 5.75 Å². The molecule has 0 atom stereocenters. The van der Waals surface area contributed by atoms with E-state index in [0.717, 1.165) is 5.69 Å². The first-order valence-corrected chi connectivity index (χ1v) is 4.54. The third kappa shape index (κ3) is 4.18. The number of pyridine rings is 1. The third-order valence-electron chi connectivity index (χ3n) is 1.75. The number of aromatic nitrogens is 1. The first-order chi connectivity index (χ1) is 6.88. The molecule has 1 heterocycles. The maximum Gasteiger partial charge on any atom is 0.422 e. The van der Waals surface area contributed by atoms with Crippen molar-refractivity contribution in [1.29, 1.82) is 0 Å². The fourth-order valence-corrected chi connectivity index (χ4v) is 0.984. The molecule has 0 saturated carbocycles. The summed E-state index contributed by atoms with van der Waals surface area (Å²) >= 11 is 0. The molecule has 1 aromatic heterocycles. The van der Waals surface area contributed by atoms with Gasteiger partial charge in [-0.05, 0) is 18.1 Å². The second-order valence-corrected chi connectivity index (χ2v) is 3.48. The van der Waals surface area contributed by atoms with Gasteiger partial charge in [-0.15, -0.1) is 0 Å². The second kappa shape index (κ2) is 4.51. The molecule has 0 aromatic carbocycles. The predicted octanol–water partition coefficient (Wildman–Crippen LogP) is 3.15. The number of nitrogens with zero attached hydrogens (tertiary/aromatic N) is 1. The van der Waals surface area contributed by atoms with Crippen LogP contribution in [0.2, 0.25) is 0 Å². The lowest BCUT2D eigenvalue weighted by Crippen LogP contribution is -2.19. The molecule has 0 fully saturated rings. The SMILES string of the molecule is CC(C)c1ccc(OCC(F)(F)F)cn1. The number of hydrogen-bond donors (Lipinski definition) is 0. The maximum absolute atomic E-state index is 11.8. The summed E-state index contributed by atoms with van der Waals surface area (Å²) in [5.41, 5.74) is 0.828. The molecule has 0 aliphatic rings. The first-order valence-electron chi connectivity index (χ1n) is 4.54. The van der Waals surface area contributed by atoms with Crippen LogP contribution in [0.1, 0.15) is 25.5 Å². The van der Waals surface area contributed by atoms with Crippen molar-refractivity contribution in [2.24, 2.45) is 0 Å². The Morgan fingerprint density at radius 3 is 2.40 bits per heavy atom. The summed E-state index contributed by atoms with van der Waals surface area (Å²) in [5.74, 6) is 0.387. The molecular weight excluding hydrogens is 207 g/mol. The molecule has 2 nitrogen and oxygen atoms in total. The quantitative estimate of drug-likeness (QED) is 0.779. The maximum atomic E-state index is 11.8. The van der Waals surface area contributed by atoms with Gasteiger partial charge >= 0.3 is 6.18 Å². The van der Waals surface area contributed by atoms with E-state index in [1.807, 2.05) is 13.8 Å². The number of alkyl halides is 3. The summed E-state index contributed by atoms with van der Waals surface area (Å²) < 4.78 is 39.9. The molecule has 15 heavy (non-hydrogen) atoms. The van der Waals surface area contributed by atoms with Gasteiger partial charge in [-0.2, -0.15) is 13.2 Å². The van der Waals surface area contributed by atoms with Crippen molar-refractivity contribution >= 4 is 0 Å². The van der Waals surface area contributed by atoms with Gasteiger partial charge in [0.05, 0.1) is 6.20 Å². The molecule has 0 amide bonds. The standard InChI is InChI=1S/C10H12F3NO/c1-7(2)9-4-3-8(5-14-9)15-6-10(11,12)13/h3-5,7H,6H2,1-2H3. The van der Waals surface area contributed by atoms with E-state index in [1.165, 1.54) is 12.3 Å². The summed E-state index contributed by atoms with van der Waals surface area (Å²) in [5, 5.41) is 0. The lowest BCUT2D eigenvalue weighted by molar-refractivity contribution is -0.153. The van der Waals surface area contributed by atoms with Crippen LogP contribution < -0.4 is 4.74 Å². The van der Waals surface area contributed by atoms with Gasteiger partial charge in [-0.1, -0.05) is 13.8 Å². The zero-order valence-corrected chi connectivity index (χ0v) is 8.51. The molecule has 1 rings (SSSR count). The van der Waals surface area contributed by atoms with Crippen molar-refractivity contribution in [3.05, 3.63) is 24.0 Å². The molecule has 0 radical (unpaired) electrons. The Morgan fingerprint density at radius 1 is 1.33 bits per heavy atom. The highest BCUT2D eigenvalue weighted by atomic mass is 19.4. The van der Waals surface area contributed by atoms with Gasteiger partial charge in [0.25, 0.3) is 0 Å². The monoisotopic (exact) mass is 219 g/mol. The highest BCUT2D eigenvalue weighted by Crippen LogP contribution is 2.19. The van der Waals surface area contributed by atoms with Crippen LogP contribution in [0.5, 0.6) is 5.75 Å². The van der Waals surface area contributed by atoms with Crippen LogP contribution in [-0.4, -0.2) is 17.8 Å². The molecule has 0 unspecified atom stereocenters. The van der Waals surface area contributed by atoms with Gasteiger partial charge in [-0.25, -0.2) is 0 Å². The Bertz CT molecular complexity index is 305. The highest BCUT2D eigenvalue weighted by Gasteiger charge is 2.28. The Kier molecular flexibility index (Phi) is 3.55.